The molecule has 0 aliphatic heterocycles. The number of quaternary nitrogens is 1. The van der Waals surface area contributed by atoms with Gasteiger partial charge in [0.05, 0.1) is 14.1 Å². The number of rotatable bonds is 7. The third-order valence-electron chi connectivity index (χ3n) is 6.33. The van der Waals surface area contributed by atoms with Gasteiger partial charge in [-0.1, -0.05) is 103 Å². The Bertz CT molecular complexity index is 1240. The second-order valence-corrected chi connectivity index (χ2v) is 9.30. The summed E-state index contributed by atoms with van der Waals surface area (Å²) in [5, 5.41) is 0. The first-order chi connectivity index (χ1) is 17.0. The molecule has 0 saturated carbocycles. The van der Waals surface area contributed by atoms with Crippen LogP contribution in [-0.2, 0) is 0 Å². The van der Waals surface area contributed by atoms with E-state index in [1.54, 1.807) is 0 Å². The van der Waals surface area contributed by atoms with Crippen molar-refractivity contribution in [3.8, 4) is 0 Å². The Balaban J connectivity index is 1.74. The molecular weight excluding hydrogens is 424 g/mol. The Morgan fingerprint density at radius 3 is 1.80 bits per heavy atom. The van der Waals surface area contributed by atoms with E-state index in [2.05, 4.69) is 161 Å². The summed E-state index contributed by atoms with van der Waals surface area (Å²) in [6, 6.07) is 30.4. The van der Waals surface area contributed by atoms with E-state index in [9.17, 15) is 0 Å². The number of anilines is 1. The van der Waals surface area contributed by atoms with Crippen LogP contribution in [0.2, 0.25) is 0 Å². The largest absolute Gasteiger partial charge is 0.378 e. The molecule has 1 N–H and O–H groups in total. The van der Waals surface area contributed by atoms with Crippen molar-refractivity contribution in [3.63, 3.8) is 0 Å². The third-order valence-corrected chi connectivity index (χ3v) is 6.33. The van der Waals surface area contributed by atoms with Gasteiger partial charge in [0, 0.05) is 19.8 Å². The molecule has 176 valence electrons. The van der Waals surface area contributed by atoms with Crippen LogP contribution in [0, 0.1) is 0 Å². The first-order valence-electron chi connectivity index (χ1n) is 12.2. The van der Waals surface area contributed by atoms with Crippen LogP contribution >= 0.6 is 0 Å². The number of allylic oxidation sites excluding steroid dienone is 7. The number of hydrogen-bond acceptors (Lipinski definition) is 1. The SMILES string of the molecule is CN(C)c1ccc(C(=CC=CC(=C2C=CC([NH+](C)C)C=C2)c2ccccc2)c2ccccc2)cc1. The van der Waals surface area contributed by atoms with E-state index >= 15 is 0 Å². The Labute approximate surface area is 210 Å². The van der Waals surface area contributed by atoms with Gasteiger partial charge in [-0.05, 0) is 57.7 Å². The van der Waals surface area contributed by atoms with Crippen LogP contribution < -0.4 is 9.80 Å². The Morgan fingerprint density at radius 2 is 1.26 bits per heavy atom. The lowest BCUT2D eigenvalue weighted by atomic mass is 9.94. The number of nitrogens with one attached hydrogen (secondary N) is 1. The number of likely N-dealkylation sites (N-methyl/N-ethyl adjacent to an activating group) is 1. The van der Waals surface area contributed by atoms with E-state index < -0.39 is 0 Å². The van der Waals surface area contributed by atoms with Crippen LogP contribution in [0.25, 0.3) is 11.1 Å². The fourth-order valence-electron chi connectivity index (χ4n) is 4.23. The van der Waals surface area contributed by atoms with E-state index in [0.29, 0.717) is 6.04 Å². The van der Waals surface area contributed by atoms with E-state index in [0.717, 1.165) is 0 Å². The zero-order valence-electron chi connectivity index (χ0n) is 21.1. The summed E-state index contributed by atoms with van der Waals surface area (Å²) in [7, 11) is 8.52. The molecule has 3 aromatic rings. The van der Waals surface area contributed by atoms with Gasteiger partial charge in [0.25, 0.3) is 0 Å². The molecule has 1 aliphatic carbocycles. The highest BCUT2D eigenvalue weighted by Gasteiger charge is 2.12. The lowest BCUT2D eigenvalue weighted by Gasteiger charge is -2.18. The van der Waals surface area contributed by atoms with Crippen molar-refractivity contribution in [3.05, 3.63) is 150 Å². The van der Waals surface area contributed by atoms with Crippen LogP contribution in [0.3, 0.4) is 0 Å². The van der Waals surface area contributed by atoms with Gasteiger partial charge in [-0.2, -0.15) is 0 Å². The van der Waals surface area contributed by atoms with Crippen molar-refractivity contribution in [2.45, 2.75) is 6.04 Å². The van der Waals surface area contributed by atoms with Crippen molar-refractivity contribution in [1.82, 2.24) is 0 Å². The second-order valence-electron chi connectivity index (χ2n) is 9.30. The molecule has 1 aliphatic rings. The zero-order chi connectivity index (χ0) is 24.6. The summed E-state index contributed by atoms with van der Waals surface area (Å²) in [6.45, 7) is 0. The molecule has 0 unspecified atom stereocenters. The van der Waals surface area contributed by atoms with Gasteiger partial charge in [0.1, 0.15) is 6.04 Å². The minimum atomic E-state index is 0.412. The molecule has 0 spiro atoms. The third kappa shape index (κ3) is 6.17. The lowest BCUT2D eigenvalue weighted by Crippen LogP contribution is -3.09. The van der Waals surface area contributed by atoms with E-state index in [4.69, 9.17) is 0 Å². The molecule has 0 aromatic heterocycles. The minimum Gasteiger partial charge on any atom is -0.378 e. The highest BCUT2D eigenvalue weighted by molar-refractivity contribution is 5.84. The fraction of sp³-hybridized carbons (Fsp3) is 0.152. The van der Waals surface area contributed by atoms with Crippen LogP contribution in [0.4, 0.5) is 5.69 Å². The topological polar surface area (TPSA) is 7.68 Å². The van der Waals surface area contributed by atoms with Crippen molar-refractivity contribution in [2.24, 2.45) is 0 Å². The van der Waals surface area contributed by atoms with E-state index in [1.165, 1.54) is 44.0 Å². The number of nitrogens with zero attached hydrogens (tertiary/aromatic N) is 1. The maximum absolute atomic E-state index is 2.29. The lowest BCUT2D eigenvalue weighted by molar-refractivity contribution is -0.871. The normalized spacial score (nSPS) is 15.7. The Kier molecular flexibility index (Phi) is 7.97. The van der Waals surface area contributed by atoms with Crippen molar-refractivity contribution < 1.29 is 4.90 Å². The molecule has 2 nitrogen and oxygen atoms in total. The fourth-order valence-corrected chi connectivity index (χ4v) is 4.23. The quantitative estimate of drug-likeness (QED) is 0.437. The zero-order valence-corrected chi connectivity index (χ0v) is 21.1. The highest BCUT2D eigenvalue weighted by atomic mass is 15.1. The number of benzene rings is 3. The van der Waals surface area contributed by atoms with Crippen molar-refractivity contribution in [2.75, 3.05) is 33.1 Å². The van der Waals surface area contributed by atoms with Gasteiger partial charge in [-0.3, -0.25) is 0 Å². The molecule has 2 heteroatoms. The van der Waals surface area contributed by atoms with Crippen LogP contribution in [-0.4, -0.2) is 34.2 Å². The van der Waals surface area contributed by atoms with Gasteiger partial charge in [0.2, 0.25) is 0 Å². The molecule has 0 fully saturated rings. The average molecular weight is 460 g/mol. The maximum Gasteiger partial charge on any atom is 0.125 e. The first-order valence-corrected chi connectivity index (χ1v) is 12.2. The van der Waals surface area contributed by atoms with Crippen molar-refractivity contribution in [1.29, 1.82) is 0 Å². The standard InChI is InChI=1S/C33H34N2/c1-34(2)30-22-18-28(19-23-30)32(26-12-7-5-8-13-26)16-11-17-33(27-14-9-6-10-15-27)29-20-24-31(25-21-29)35(3)4/h5-25,30H,1-4H3/p+1. The molecule has 0 saturated heterocycles. The molecule has 3 aromatic carbocycles. The Hall–Kier alpha value is -3.88. The summed E-state index contributed by atoms with van der Waals surface area (Å²) in [4.78, 5) is 3.53. The predicted molar refractivity (Wildman–Crippen MR) is 152 cm³/mol. The second kappa shape index (κ2) is 11.5. The molecule has 4 rings (SSSR count). The van der Waals surface area contributed by atoms with Gasteiger partial charge >= 0.3 is 0 Å². The summed E-state index contributed by atoms with van der Waals surface area (Å²) in [5.74, 6) is 0. The highest BCUT2D eigenvalue weighted by Crippen LogP contribution is 2.27. The summed E-state index contributed by atoms with van der Waals surface area (Å²) < 4.78 is 0. The summed E-state index contributed by atoms with van der Waals surface area (Å²) >= 11 is 0. The van der Waals surface area contributed by atoms with Gasteiger partial charge in [-0.25, -0.2) is 0 Å². The van der Waals surface area contributed by atoms with Gasteiger partial charge < -0.3 is 9.80 Å². The molecule has 0 atom stereocenters. The Morgan fingerprint density at radius 1 is 0.714 bits per heavy atom. The summed E-state index contributed by atoms with van der Waals surface area (Å²) in [6.07, 6.45) is 15.7. The smallest absolute Gasteiger partial charge is 0.125 e. The molecule has 35 heavy (non-hydrogen) atoms. The first kappa shape index (κ1) is 24.3. The average Bonchev–Trinajstić information content (AvgIpc) is 2.90. The van der Waals surface area contributed by atoms with Crippen molar-refractivity contribution >= 4 is 16.8 Å². The van der Waals surface area contributed by atoms with Gasteiger partial charge in [-0.15, -0.1) is 0 Å². The predicted octanol–water partition coefficient (Wildman–Crippen LogP) is 5.83. The molecule has 0 heterocycles. The molecular formula is C33H35N2+. The van der Waals surface area contributed by atoms with E-state index in [-0.39, 0.29) is 0 Å². The maximum atomic E-state index is 2.29. The monoisotopic (exact) mass is 459 g/mol. The van der Waals surface area contributed by atoms with Crippen LogP contribution in [0.15, 0.2) is 133 Å². The minimum absolute atomic E-state index is 0.412. The summed E-state index contributed by atoms with van der Waals surface area (Å²) in [5.41, 5.74) is 8.48. The van der Waals surface area contributed by atoms with Crippen LogP contribution in [0.1, 0.15) is 16.7 Å². The van der Waals surface area contributed by atoms with Gasteiger partial charge in [0.15, 0.2) is 0 Å². The molecule has 0 radical (unpaired) electrons. The molecule has 0 bridgehead atoms. The van der Waals surface area contributed by atoms with E-state index in [1.807, 2.05) is 0 Å². The number of hydrogen-bond donors (Lipinski definition) is 1. The van der Waals surface area contributed by atoms with Crippen LogP contribution in [0.5, 0.6) is 0 Å². The molecule has 0 amide bonds.